The van der Waals surface area contributed by atoms with E-state index in [1.54, 1.807) is 11.3 Å². The molecule has 0 aliphatic heterocycles. The maximum Gasteiger partial charge on any atom is 0.184 e. The Morgan fingerprint density at radius 3 is 2.65 bits per heavy atom. The molecule has 0 bridgehead atoms. The minimum absolute atomic E-state index is 0.373. The smallest absolute Gasteiger partial charge is 0.184 e. The van der Waals surface area contributed by atoms with Crippen molar-refractivity contribution in [3.63, 3.8) is 0 Å². The summed E-state index contributed by atoms with van der Waals surface area (Å²) in [5, 5.41) is 4.53. The van der Waals surface area contributed by atoms with Crippen LogP contribution in [0.3, 0.4) is 0 Å². The zero-order valence-corrected chi connectivity index (χ0v) is 12.6. The number of hydrogen-bond donors (Lipinski definition) is 1. The first-order valence-electron chi connectivity index (χ1n) is 6.89. The molecule has 102 valence electrons. The molecule has 3 heteroatoms. The van der Waals surface area contributed by atoms with Gasteiger partial charge in [0.25, 0.3) is 0 Å². The second-order valence-corrected chi connectivity index (χ2v) is 6.21. The summed E-state index contributed by atoms with van der Waals surface area (Å²) in [6, 6.07) is 17.3. The highest BCUT2D eigenvalue weighted by atomic mass is 32.1. The van der Waals surface area contributed by atoms with Crippen molar-refractivity contribution in [3.05, 3.63) is 59.7 Å². The molecule has 1 heterocycles. The lowest BCUT2D eigenvalue weighted by Gasteiger charge is -2.12. The van der Waals surface area contributed by atoms with Crippen LogP contribution in [0.5, 0.6) is 0 Å². The molecule has 2 aromatic carbocycles. The molecule has 1 N–H and O–H groups in total. The summed E-state index contributed by atoms with van der Waals surface area (Å²) < 4.78 is 1.25. The van der Waals surface area contributed by atoms with E-state index < -0.39 is 0 Å². The van der Waals surface area contributed by atoms with Crippen LogP contribution in [0.25, 0.3) is 10.2 Å². The SMILES string of the molecule is Cc1cccc2sc(NC(C)Cc3ccccc3)nc12. The molecule has 0 aliphatic carbocycles. The van der Waals surface area contributed by atoms with Crippen molar-refractivity contribution in [3.8, 4) is 0 Å². The Bertz CT molecular complexity index is 703. The molecule has 0 fully saturated rings. The number of aryl methyl sites for hydroxylation is 1. The molecular weight excluding hydrogens is 264 g/mol. The van der Waals surface area contributed by atoms with Crippen LogP contribution in [0, 0.1) is 6.92 Å². The third-order valence-corrected chi connectivity index (χ3v) is 4.33. The highest BCUT2D eigenvalue weighted by Crippen LogP contribution is 2.28. The van der Waals surface area contributed by atoms with Crippen LogP contribution in [0.4, 0.5) is 5.13 Å². The lowest BCUT2D eigenvalue weighted by atomic mass is 10.1. The van der Waals surface area contributed by atoms with Crippen molar-refractivity contribution >= 4 is 26.7 Å². The first-order chi connectivity index (χ1) is 9.72. The number of para-hydroxylation sites is 1. The van der Waals surface area contributed by atoms with Crippen molar-refractivity contribution in [2.75, 3.05) is 5.32 Å². The van der Waals surface area contributed by atoms with Crippen molar-refractivity contribution in [1.82, 2.24) is 4.98 Å². The summed E-state index contributed by atoms with van der Waals surface area (Å²) in [5.41, 5.74) is 3.71. The average Bonchev–Trinajstić information content (AvgIpc) is 2.83. The third-order valence-electron chi connectivity index (χ3n) is 3.38. The van der Waals surface area contributed by atoms with Gasteiger partial charge in [-0.05, 0) is 37.5 Å². The predicted molar refractivity (Wildman–Crippen MR) is 87.6 cm³/mol. The fourth-order valence-corrected chi connectivity index (χ4v) is 3.43. The first-order valence-corrected chi connectivity index (χ1v) is 7.70. The van der Waals surface area contributed by atoms with Gasteiger partial charge in [0.2, 0.25) is 0 Å². The third kappa shape index (κ3) is 2.83. The monoisotopic (exact) mass is 282 g/mol. The van der Waals surface area contributed by atoms with E-state index in [0.717, 1.165) is 17.1 Å². The van der Waals surface area contributed by atoms with Crippen molar-refractivity contribution < 1.29 is 0 Å². The highest BCUT2D eigenvalue weighted by Gasteiger charge is 2.09. The van der Waals surface area contributed by atoms with Gasteiger partial charge in [-0.1, -0.05) is 53.8 Å². The fourth-order valence-electron chi connectivity index (χ4n) is 2.38. The van der Waals surface area contributed by atoms with E-state index >= 15 is 0 Å². The summed E-state index contributed by atoms with van der Waals surface area (Å²) in [6.07, 6.45) is 1.01. The molecule has 3 aromatic rings. The second-order valence-electron chi connectivity index (χ2n) is 5.18. The molecule has 2 nitrogen and oxygen atoms in total. The van der Waals surface area contributed by atoms with Crippen LogP contribution in [-0.2, 0) is 6.42 Å². The zero-order chi connectivity index (χ0) is 13.9. The number of fused-ring (bicyclic) bond motifs is 1. The maximum absolute atomic E-state index is 4.70. The predicted octanol–water partition coefficient (Wildman–Crippen LogP) is 4.65. The lowest BCUT2D eigenvalue weighted by molar-refractivity contribution is 0.789. The van der Waals surface area contributed by atoms with E-state index in [2.05, 4.69) is 67.7 Å². The molecule has 0 spiro atoms. The molecule has 3 rings (SSSR count). The average molecular weight is 282 g/mol. The number of nitrogens with one attached hydrogen (secondary N) is 1. The van der Waals surface area contributed by atoms with Gasteiger partial charge in [-0.3, -0.25) is 0 Å². The molecule has 1 unspecified atom stereocenters. The van der Waals surface area contributed by atoms with Crippen molar-refractivity contribution in [1.29, 1.82) is 0 Å². The van der Waals surface area contributed by atoms with Gasteiger partial charge in [0.1, 0.15) is 0 Å². The number of hydrogen-bond acceptors (Lipinski definition) is 3. The van der Waals surface area contributed by atoms with Crippen LogP contribution in [-0.4, -0.2) is 11.0 Å². The standard InChI is InChI=1S/C17H18N2S/c1-12-7-6-10-15-16(12)19-17(20-15)18-13(2)11-14-8-4-3-5-9-14/h3-10,13H,11H2,1-2H3,(H,18,19). The topological polar surface area (TPSA) is 24.9 Å². The Morgan fingerprint density at radius 2 is 1.90 bits per heavy atom. The Kier molecular flexibility index (Phi) is 3.70. The summed E-state index contributed by atoms with van der Waals surface area (Å²) in [5.74, 6) is 0. The van der Waals surface area contributed by atoms with Crippen LogP contribution < -0.4 is 5.32 Å². The summed E-state index contributed by atoms with van der Waals surface area (Å²) >= 11 is 1.73. The second kappa shape index (κ2) is 5.63. The van der Waals surface area contributed by atoms with E-state index in [-0.39, 0.29) is 0 Å². The Balaban J connectivity index is 1.74. The molecule has 0 amide bonds. The molecule has 0 radical (unpaired) electrons. The summed E-state index contributed by atoms with van der Waals surface area (Å²) in [6.45, 7) is 4.31. The molecule has 1 aromatic heterocycles. The normalized spacial score (nSPS) is 12.5. The van der Waals surface area contributed by atoms with Crippen LogP contribution >= 0.6 is 11.3 Å². The van der Waals surface area contributed by atoms with E-state index in [1.165, 1.54) is 15.8 Å². The van der Waals surface area contributed by atoms with Crippen LogP contribution in [0.15, 0.2) is 48.5 Å². The molecule has 0 aliphatic rings. The van der Waals surface area contributed by atoms with Gasteiger partial charge in [0.05, 0.1) is 10.2 Å². The number of nitrogens with zero attached hydrogens (tertiary/aromatic N) is 1. The van der Waals surface area contributed by atoms with E-state index in [4.69, 9.17) is 4.98 Å². The number of aromatic nitrogens is 1. The zero-order valence-electron chi connectivity index (χ0n) is 11.8. The number of benzene rings is 2. The van der Waals surface area contributed by atoms with Gasteiger partial charge in [0, 0.05) is 6.04 Å². The fraction of sp³-hybridized carbons (Fsp3) is 0.235. The highest BCUT2D eigenvalue weighted by molar-refractivity contribution is 7.22. The van der Waals surface area contributed by atoms with Gasteiger partial charge in [-0.2, -0.15) is 0 Å². The van der Waals surface area contributed by atoms with E-state index in [1.807, 2.05) is 0 Å². The van der Waals surface area contributed by atoms with Crippen LogP contribution in [0.1, 0.15) is 18.1 Å². The van der Waals surface area contributed by atoms with Gasteiger partial charge in [-0.25, -0.2) is 4.98 Å². The molecule has 1 atom stereocenters. The maximum atomic E-state index is 4.70. The number of rotatable bonds is 4. The van der Waals surface area contributed by atoms with Crippen LogP contribution in [0.2, 0.25) is 0 Å². The molecule has 20 heavy (non-hydrogen) atoms. The lowest BCUT2D eigenvalue weighted by Crippen LogP contribution is -2.17. The largest absolute Gasteiger partial charge is 0.359 e. The van der Waals surface area contributed by atoms with Gasteiger partial charge < -0.3 is 5.32 Å². The number of thiazole rings is 1. The molecule has 0 saturated heterocycles. The molecule has 0 saturated carbocycles. The van der Waals surface area contributed by atoms with E-state index in [0.29, 0.717) is 6.04 Å². The number of anilines is 1. The Morgan fingerprint density at radius 1 is 1.10 bits per heavy atom. The van der Waals surface area contributed by atoms with Gasteiger partial charge >= 0.3 is 0 Å². The quantitative estimate of drug-likeness (QED) is 0.753. The van der Waals surface area contributed by atoms with Gasteiger partial charge in [0.15, 0.2) is 5.13 Å². The van der Waals surface area contributed by atoms with E-state index in [9.17, 15) is 0 Å². The summed E-state index contributed by atoms with van der Waals surface area (Å²) in [7, 11) is 0. The van der Waals surface area contributed by atoms with Gasteiger partial charge in [-0.15, -0.1) is 0 Å². The minimum atomic E-state index is 0.373. The first kappa shape index (κ1) is 13.1. The Hall–Kier alpha value is -1.87. The van der Waals surface area contributed by atoms with Crippen molar-refractivity contribution in [2.24, 2.45) is 0 Å². The Labute approximate surface area is 123 Å². The van der Waals surface area contributed by atoms with Crippen molar-refractivity contribution in [2.45, 2.75) is 26.3 Å². The summed E-state index contributed by atoms with van der Waals surface area (Å²) in [4.78, 5) is 4.70. The molecular formula is C17H18N2S. The minimum Gasteiger partial charge on any atom is -0.359 e.